The number of hydrogen-bond donors (Lipinski definition) is 3. The van der Waals surface area contributed by atoms with Crippen LogP contribution in [-0.4, -0.2) is 23.0 Å². The molecule has 3 aromatic rings. The van der Waals surface area contributed by atoms with Gasteiger partial charge in [-0.05, 0) is 23.6 Å². The second-order valence-electron chi connectivity index (χ2n) is 5.63. The van der Waals surface area contributed by atoms with Gasteiger partial charge in [0.2, 0.25) is 5.91 Å². The first-order valence-corrected chi connectivity index (χ1v) is 7.89. The Morgan fingerprint density at radius 1 is 1.04 bits per heavy atom. The number of carboxylic acid groups (broad SMARTS) is 1. The van der Waals surface area contributed by atoms with Gasteiger partial charge in [0.25, 0.3) is 0 Å². The Balaban J connectivity index is 1.65. The zero-order valence-electron chi connectivity index (χ0n) is 13.4. The van der Waals surface area contributed by atoms with Crippen LogP contribution in [0.2, 0.25) is 0 Å². The van der Waals surface area contributed by atoms with Crippen LogP contribution in [0.1, 0.15) is 12.2 Å². The van der Waals surface area contributed by atoms with Crippen LogP contribution >= 0.6 is 0 Å². The molecular formula is C19H18N2O4. The van der Waals surface area contributed by atoms with Gasteiger partial charge in [-0.2, -0.15) is 0 Å². The molecule has 1 unspecified atom stereocenters. The highest BCUT2D eigenvalue weighted by atomic mass is 16.4. The molecular weight excluding hydrogens is 320 g/mol. The molecule has 6 heteroatoms. The molecule has 25 heavy (non-hydrogen) atoms. The van der Waals surface area contributed by atoms with Gasteiger partial charge in [0.05, 0.1) is 19.2 Å². The van der Waals surface area contributed by atoms with Crippen LogP contribution in [0, 0.1) is 0 Å². The molecule has 3 rings (SSSR count). The highest BCUT2D eigenvalue weighted by Crippen LogP contribution is 2.23. The number of nitrogens with one attached hydrogen (secondary N) is 2. The van der Waals surface area contributed by atoms with Crippen molar-refractivity contribution in [2.75, 3.05) is 5.32 Å². The molecule has 0 saturated heterocycles. The summed E-state index contributed by atoms with van der Waals surface area (Å²) >= 11 is 0. The summed E-state index contributed by atoms with van der Waals surface area (Å²) < 4.78 is 5.16. The van der Waals surface area contributed by atoms with Crippen molar-refractivity contribution in [3.8, 4) is 0 Å². The van der Waals surface area contributed by atoms with E-state index in [9.17, 15) is 14.7 Å². The first-order valence-electron chi connectivity index (χ1n) is 7.89. The van der Waals surface area contributed by atoms with Gasteiger partial charge in [-0.25, -0.2) is 0 Å². The predicted molar refractivity (Wildman–Crippen MR) is 94.2 cm³/mol. The molecule has 0 fully saturated rings. The van der Waals surface area contributed by atoms with Crippen LogP contribution in [-0.2, 0) is 16.1 Å². The second kappa shape index (κ2) is 7.63. The molecule has 0 aliphatic rings. The highest BCUT2D eigenvalue weighted by molar-refractivity contribution is 6.03. The van der Waals surface area contributed by atoms with Crippen molar-refractivity contribution in [3.63, 3.8) is 0 Å². The van der Waals surface area contributed by atoms with Crippen molar-refractivity contribution in [1.82, 2.24) is 5.32 Å². The number of anilines is 1. The zero-order valence-corrected chi connectivity index (χ0v) is 13.4. The highest BCUT2D eigenvalue weighted by Gasteiger charge is 2.21. The maximum atomic E-state index is 12.3. The summed E-state index contributed by atoms with van der Waals surface area (Å²) in [6.07, 6.45) is 1.33. The Bertz CT molecular complexity index is 869. The number of hydrogen-bond acceptors (Lipinski definition) is 4. The van der Waals surface area contributed by atoms with E-state index in [1.807, 2.05) is 36.4 Å². The van der Waals surface area contributed by atoms with E-state index < -0.39 is 12.0 Å². The number of carbonyl (C=O) groups excluding carboxylic acids is 1. The first kappa shape index (κ1) is 16.7. The van der Waals surface area contributed by atoms with E-state index in [4.69, 9.17) is 4.42 Å². The second-order valence-corrected chi connectivity index (χ2v) is 5.63. The van der Waals surface area contributed by atoms with Gasteiger partial charge in [-0.1, -0.05) is 36.4 Å². The number of benzene rings is 2. The predicted octanol–water partition coefficient (Wildman–Crippen LogP) is 3.00. The van der Waals surface area contributed by atoms with E-state index in [2.05, 4.69) is 10.6 Å². The van der Waals surface area contributed by atoms with Crippen LogP contribution in [0.15, 0.2) is 65.3 Å². The summed E-state index contributed by atoms with van der Waals surface area (Å²) in [7, 11) is 0. The average molecular weight is 338 g/mol. The number of amides is 1. The molecule has 128 valence electrons. The Morgan fingerprint density at radius 3 is 2.60 bits per heavy atom. The lowest BCUT2D eigenvalue weighted by Gasteiger charge is -2.14. The average Bonchev–Trinajstić information content (AvgIpc) is 3.12. The molecule has 0 bridgehead atoms. The van der Waals surface area contributed by atoms with E-state index in [1.165, 1.54) is 6.26 Å². The molecule has 2 aromatic carbocycles. The number of rotatable bonds is 7. The smallest absolute Gasteiger partial charge is 0.321 e. The topological polar surface area (TPSA) is 91.6 Å². The minimum atomic E-state index is -1.08. The quantitative estimate of drug-likeness (QED) is 0.616. The fraction of sp³-hybridized carbons (Fsp3) is 0.158. The molecule has 1 atom stereocenters. The maximum absolute atomic E-state index is 12.3. The normalized spacial score (nSPS) is 12.0. The van der Waals surface area contributed by atoms with Crippen molar-refractivity contribution < 1.29 is 19.1 Å². The van der Waals surface area contributed by atoms with Gasteiger partial charge in [-0.3, -0.25) is 14.9 Å². The monoisotopic (exact) mass is 338 g/mol. The third-order valence-corrected chi connectivity index (χ3v) is 3.85. The van der Waals surface area contributed by atoms with Gasteiger partial charge >= 0.3 is 5.97 Å². The largest absolute Gasteiger partial charge is 0.480 e. The third kappa shape index (κ3) is 4.24. The van der Waals surface area contributed by atoms with Crippen LogP contribution in [0.3, 0.4) is 0 Å². The van der Waals surface area contributed by atoms with Crippen LogP contribution in [0.25, 0.3) is 10.8 Å². The summed E-state index contributed by atoms with van der Waals surface area (Å²) in [5.41, 5.74) is 0.665. The molecule has 0 aliphatic heterocycles. The number of fused-ring (bicyclic) bond motifs is 1. The van der Waals surface area contributed by atoms with Crippen LogP contribution < -0.4 is 10.6 Å². The molecule has 0 saturated carbocycles. The summed E-state index contributed by atoms with van der Waals surface area (Å²) in [4.78, 5) is 23.7. The van der Waals surface area contributed by atoms with Crippen molar-refractivity contribution in [2.45, 2.75) is 19.0 Å². The third-order valence-electron chi connectivity index (χ3n) is 3.85. The van der Waals surface area contributed by atoms with E-state index in [0.717, 1.165) is 10.8 Å². The summed E-state index contributed by atoms with van der Waals surface area (Å²) in [5, 5.41) is 16.9. The Kier molecular flexibility index (Phi) is 5.11. The Labute approximate surface area is 144 Å². The summed E-state index contributed by atoms with van der Waals surface area (Å²) in [6, 6.07) is 15.7. The number of carboxylic acids is 1. The number of aliphatic carboxylic acids is 1. The molecule has 0 radical (unpaired) electrons. The lowest BCUT2D eigenvalue weighted by Crippen LogP contribution is -2.39. The molecule has 6 nitrogen and oxygen atoms in total. The van der Waals surface area contributed by atoms with E-state index >= 15 is 0 Å². The fourth-order valence-electron chi connectivity index (χ4n) is 2.60. The van der Waals surface area contributed by atoms with E-state index in [0.29, 0.717) is 11.4 Å². The van der Waals surface area contributed by atoms with Crippen molar-refractivity contribution in [3.05, 3.63) is 66.6 Å². The minimum absolute atomic E-state index is 0.181. The van der Waals surface area contributed by atoms with Gasteiger partial charge < -0.3 is 14.8 Å². The Morgan fingerprint density at radius 2 is 1.84 bits per heavy atom. The maximum Gasteiger partial charge on any atom is 0.321 e. The van der Waals surface area contributed by atoms with Gasteiger partial charge in [0, 0.05) is 11.1 Å². The molecule has 0 spiro atoms. The van der Waals surface area contributed by atoms with E-state index in [-0.39, 0.29) is 18.9 Å². The number of carbonyl (C=O) groups is 2. The molecule has 3 N–H and O–H groups in total. The molecule has 1 heterocycles. The van der Waals surface area contributed by atoms with Gasteiger partial charge in [0.1, 0.15) is 11.8 Å². The standard InChI is InChI=1S/C19H18N2O4/c22-18(11-17(19(23)24)20-12-14-7-4-10-25-14)21-16-9-3-6-13-5-1-2-8-15(13)16/h1-10,17,20H,11-12H2,(H,21,22)(H,23,24). The lowest BCUT2D eigenvalue weighted by molar-refractivity contribution is -0.141. The molecule has 1 aromatic heterocycles. The summed E-state index contributed by atoms with van der Waals surface area (Å²) in [5.74, 6) is -0.837. The summed E-state index contributed by atoms with van der Waals surface area (Å²) in [6.45, 7) is 0.242. The van der Waals surface area contributed by atoms with Crippen molar-refractivity contribution >= 4 is 28.3 Å². The van der Waals surface area contributed by atoms with Crippen LogP contribution in [0.4, 0.5) is 5.69 Å². The zero-order chi connectivity index (χ0) is 17.6. The van der Waals surface area contributed by atoms with Crippen molar-refractivity contribution in [1.29, 1.82) is 0 Å². The Hall–Kier alpha value is -3.12. The first-order chi connectivity index (χ1) is 12.1. The molecule has 0 aliphatic carbocycles. The minimum Gasteiger partial charge on any atom is -0.480 e. The number of furan rings is 1. The SMILES string of the molecule is O=C(CC(NCc1ccco1)C(=O)O)Nc1cccc2ccccc12. The van der Waals surface area contributed by atoms with Crippen LogP contribution in [0.5, 0.6) is 0 Å². The molecule has 1 amide bonds. The van der Waals surface area contributed by atoms with Crippen molar-refractivity contribution in [2.24, 2.45) is 0 Å². The van der Waals surface area contributed by atoms with Gasteiger partial charge in [0.15, 0.2) is 0 Å². The van der Waals surface area contributed by atoms with Gasteiger partial charge in [-0.15, -0.1) is 0 Å². The fourth-order valence-corrected chi connectivity index (χ4v) is 2.60. The lowest BCUT2D eigenvalue weighted by atomic mass is 10.1. The van der Waals surface area contributed by atoms with E-state index in [1.54, 1.807) is 18.2 Å².